The Hall–Kier alpha value is -2.55. The molecule has 22 heavy (non-hydrogen) atoms. The molecule has 0 spiro atoms. The first kappa shape index (κ1) is 14.4. The van der Waals surface area contributed by atoms with Crippen LogP contribution < -0.4 is 11.1 Å². The van der Waals surface area contributed by atoms with Gasteiger partial charge in [0.25, 0.3) is 0 Å². The largest absolute Gasteiger partial charge is 0.379 e. The highest BCUT2D eigenvalue weighted by molar-refractivity contribution is 5.76. The summed E-state index contributed by atoms with van der Waals surface area (Å²) in [6, 6.07) is 3.91. The molecule has 1 aliphatic rings. The molecule has 1 amide bonds. The quantitative estimate of drug-likeness (QED) is 0.728. The number of carbonyl (C=O) groups excluding carboxylic acids is 1. The molecule has 0 aromatic carbocycles. The summed E-state index contributed by atoms with van der Waals surface area (Å²) in [5.41, 5.74) is 6.72. The van der Waals surface area contributed by atoms with Gasteiger partial charge in [-0.05, 0) is 34.5 Å². The summed E-state index contributed by atoms with van der Waals surface area (Å²) < 4.78 is 6.75. The molecule has 1 aliphatic heterocycles. The molecule has 0 saturated carbocycles. The number of pyridine rings is 1. The Kier molecular flexibility index (Phi) is 4.24. The first-order chi connectivity index (χ1) is 10.7. The number of rotatable bonds is 5. The molecule has 2 atom stereocenters. The van der Waals surface area contributed by atoms with Crippen LogP contribution in [-0.4, -0.2) is 50.4 Å². The fourth-order valence-corrected chi connectivity index (χ4v) is 2.49. The highest BCUT2D eigenvalue weighted by Crippen LogP contribution is 2.19. The average Bonchev–Trinajstić information content (AvgIpc) is 3.10. The van der Waals surface area contributed by atoms with Gasteiger partial charge >= 0.3 is 0 Å². The second-order valence-corrected chi connectivity index (χ2v) is 5.23. The van der Waals surface area contributed by atoms with E-state index < -0.39 is 0 Å². The number of hydrogen-bond donors (Lipinski definition) is 2. The number of nitrogens with two attached hydrogens (primary N) is 1. The fourth-order valence-electron chi connectivity index (χ4n) is 2.49. The van der Waals surface area contributed by atoms with Gasteiger partial charge in [-0.2, -0.15) is 0 Å². The fraction of sp³-hybridized carbons (Fsp3) is 0.462. The van der Waals surface area contributed by atoms with Gasteiger partial charge in [0.15, 0.2) is 0 Å². The molecule has 2 aromatic heterocycles. The molecule has 3 N–H and O–H groups in total. The van der Waals surface area contributed by atoms with E-state index in [2.05, 4.69) is 25.8 Å². The number of nitrogens with zero attached hydrogens (tertiary/aromatic N) is 5. The second-order valence-electron chi connectivity index (χ2n) is 5.23. The number of amides is 1. The highest BCUT2D eigenvalue weighted by Gasteiger charge is 2.29. The van der Waals surface area contributed by atoms with E-state index in [1.165, 1.54) is 10.2 Å². The van der Waals surface area contributed by atoms with Crippen LogP contribution in [0.4, 0.5) is 5.95 Å². The number of aromatic nitrogens is 5. The van der Waals surface area contributed by atoms with E-state index in [4.69, 9.17) is 10.5 Å². The van der Waals surface area contributed by atoms with Crippen LogP contribution in [0.5, 0.6) is 0 Å². The van der Waals surface area contributed by atoms with E-state index in [1.54, 1.807) is 12.4 Å². The lowest BCUT2D eigenvalue weighted by atomic mass is 9.95. The SMILES string of the molecule is Nc1nnnn1CC(=O)N[C@@H]1COC[C@H]1Cc1ccncc1. The molecule has 3 rings (SSSR count). The Balaban J connectivity index is 1.57. The Morgan fingerprint density at radius 2 is 2.23 bits per heavy atom. The molecule has 1 saturated heterocycles. The first-order valence-electron chi connectivity index (χ1n) is 7.00. The molecule has 1 fully saturated rings. The minimum atomic E-state index is -0.186. The van der Waals surface area contributed by atoms with Crippen molar-refractivity contribution < 1.29 is 9.53 Å². The van der Waals surface area contributed by atoms with Crippen molar-refractivity contribution in [2.75, 3.05) is 18.9 Å². The summed E-state index contributed by atoms with van der Waals surface area (Å²) in [6.07, 6.45) is 4.36. The molecule has 9 nitrogen and oxygen atoms in total. The molecule has 0 unspecified atom stereocenters. The standard InChI is InChI=1S/C13H17N7O2/c14-13-17-18-19-20(13)6-12(21)16-11-8-22-7-10(11)5-9-1-3-15-4-2-9/h1-4,10-11H,5-8H2,(H,16,21)(H2,14,17,19)/t10-,11-/m1/s1. The van der Waals surface area contributed by atoms with Crippen LogP contribution in [-0.2, 0) is 22.5 Å². The maximum absolute atomic E-state index is 12.1. The molecule has 0 radical (unpaired) electrons. The summed E-state index contributed by atoms with van der Waals surface area (Å²) in [5, 5.41) is 13.6. The van der Waals surface area contributed by atoms with Gasteiger partial charge in [0.1, 0.15) is 6.54 Å². The van der Waals surface area contributed by atoms with Crippen molar-refractivity contribution in [2.24, 2.45) is 5.92 Å². The Morgan fingerprint density at radius 1 is 1.41 bits per heavy atom. The monoisotopic (exact) mass is 303 g/mol. The zero-order valence-electron chi connectivity index (χ0n) is 11.9. The van der Waals surface area contributed by atoms with Gasteiger partial charge in [0.2, 0.25) is 11.9 Å². The van der Waals surface area contributed by atoms with E-state index in [0.29, 0.717) is 13.2 Å². The van der Waals surface area contributed by atoms with Crippen molar-refractivity contribution >= 4 is 11.9 Å². The molecular formula is C13H17N7O2. The van der Waals surface area contributed by atoms with Gasteiger partial charge in [-0.15, -0.1) is 0 Å². The van der Waals surface area contributed by atoms with Crippen LogP contribution in [0.3, 0.4) is 0 Å². The van der Waals surface area contributed by atoms with Gasteiger partial charge in [0.05, 0.1) is 19.3 Å². The zero-order valence-corrected chi connectivity index (χ0v) is 11.9. The van der Waals surface area contributed by atoms with Crippen LogP contribution in [0.2, 0.25) is 0 Å². The molecule has 2 aromatic rings. The normalized spacial score (nSPS) is 20.9. The predicted molar refractivity (Wildman–Crippen MR) is 76.4 cm³/mol. The molecule has 9 heteroatoms. The lowest BCUT2D eigenvalue weighted by molar-refractivity contribution is -0.122. The third-order valence-corrected chi connectivity index (χ3v) is 3.64. The van der Waals surface area contributed by atoms with Gasteiger partial charge in [-0.1, -0.05) is 5.10 Å². The third kappa shape index (κ3) is 3.37. The predicted octanol–water partition coefficient (Wildman–Crippen LogP) is -0.976. The van der Waals surface area contributed by atoms with Crippen LogP contribution in [0, 0.1) is 5.92 Å². The van der Waals surface area contributed by atoms with Crippen LogP contribution in [0.25, 0.3) is 0 Å². The summed E-state index contributed by atoms with van der Waals surface area (Å²) >= 11 is 0. The van der Waals surface area contributed by atoms with Crippen LogP contribution >= 0.6 is 0 Å². The summed E-state index contributed by atoms with van der Waals surface area (Å²) in [7, 11) is 0. The van der Waals surface area contributed by atoms with Crippen molar-refractivity contribution in [1.29, 1.82) is 0 Å². The molecule has 0 bridgehead atoms. The lowest BCUT2D eigenvalue weighted by Gasteiger charge is -2.19. The van der Waals surface area contributed by atoms with E-state index in [0.717, 1.165) is 6.42 Å². The maximum Gasteiger partial charge on any atom is 0.242 e. The van der Waals surface area contributed by atoms with Crippen LogP contribution in [0.1, 0.15) is 5.56 Å². The molecular weight excluding hydrogens is 286 g/mol. The van der Waals surface area contributed by atoms with E-state index in [9.17, 15) is 4.79 Å². The number of carbonyl (C=O) groups is 1. The molecule has 3 heterocycles. The Labute approximate surface area is 126 Å². The van der Waals surface area contributed by atoms with Gasteiger partial charge in [0, 0.05) is 18.3 Å². The first-order valence-corrected chi connectivity index (χ1v) is 7.00. The van der Waals surface area contributed by atoms with E-state index >= 15 is 0 Å². The topological polar surface area (TPSA) is 121 Å². The van der Waals surface area contributed by atoms with Crippen molar-refractivity contribution in [3.8, 4) is 0 Å². The third-order valence-electron chi connectivity index (χ3n) is 3.64. The van der Waals surface area contributed by atoms with E-state index in [-0.39, 0.29) is 30.4 Å². The Morgan fingerprint density at radius 3 is 2.95 bits per heavy atom. The summed E-state index contributed by atoms with van der Waals surface area (Å²) in [6.45, 7) is 1.13. The zero-order chi connectivity index (χ0) is 15.4. The van der Waals surface area contributed by atoms with Crippen molar-refractivity contribution in [3.05, 3.63) is 30.1 Å². The minimum absolute atomic E-state index is 0.00267. The van der Waals surface area contributed by atoms with Crippen molar-refractivity contribution in [1.82, 2.24) is 30.5 Å². The van der Waals surface area contributed by atoms with Crippen LogP contribution in [0.15, 0.2) is 24.5 Å². The smallest absolute Gasteiger partial charge is 0.242 e. The number of hydrogen-bond acceptors (Lipinski definition) is 7. The van der Waals surface area contributed by atoms with Crippen molar-refractivity contribution in [3.63, 3.8) is 0 Å². The average molecular weight is 303 g/mol. The number of ether oxygens (including phenoxy) is 1. The second kappa shape index (κ2) is 6.48. The summed E-state index contributed by atoms with van der Waals surface area (Å²) in [4.78, 5) is 16.1. The highest BCUT2D eigenvalue weighted by atomic mass is 16.5. The number of nitrogens with one attached hydrogen (secondary N) is 1. The number of nitrogen functional groups attached to an aromatic ring is 1. The maximum atomic E-state index is 12.1. The van der Waals surface area contributed by atoms with Crippen molar-refractivity contribution in [2.45, 2.75) is 19.0 Å². The molecule has 116 valence electrons. The van der Waals surface area contributed by atoms with Gasteiger partial charge in [-0.25, -0.2) is 4.68 Å². The minimum Gasteiger partial charge on any atom is -0.379 e. The molecule has 0 aliphatic carbocycles. The lowest BCUT2D eigenvalue weighted by Crippen LogP contribution is -2.42. The number of anilines is 1. The van der Waals surface area contributed by atoms with E-state index in [1.807, 2.05) is 12.1 Å². The summed E-state index contributed by atoms with van der Waals surface area (Å²) in [5.74, 6) is 0.165. The number of tetrazole rings is 1. The Bertz CT molecular complexity index is 630. The van der Waals surface area contributed by atoms with Gasteiger partial charge < -0.3 is 15.8 Å². The van der Waals surface area contributed by atoms with Gasteiger partial charge in [-0.3, -0.25) is 9.78 Å².